The molecule has 0 N–H and O–H groups in total. The van der Waals surface area contributed by atoms with Crippen LogP contribution in [0.3, 0.4) is 0 Å². The summed E-state index contributed by atoms with van der Waals surface area (Å²) in [6, 6.07) is 4.28. The van der Waals surface area contributed by atoms with Crippen molar-refractivity contribution in [1.82, 2.24) is 4.31 Å². The summed E-state index contributed by atoms with van der Waals surface area (Å²) < 4.78 is 24.4. The summed E-state index contributed by atoms with van der Waals surface area (Å²) in [4.78, 5) is 0.0635. The minimum absolute atomic E-state index is 0.0635. The van der Waals surface area contributed by atoms with Gasteiger partial charge in [0.05, 0.1) is 5.02 Å². The maximum absolute atomic E-state index is 11.7. The summed E-state index contributed by atoms with van der Waals surface area (Å²) in [5.41, 5.74) is 0. The molecule has 0 aliphatic rings. The van der Waals surface area contributed by atoms with Crippen molar-refractivity contribution in [1.29, 1.82) is 0 Å². The van der Waals surface area contributed by atoms with Gasteiger partial charge in [0.1, 0.15) is 4.90 Å². The lowest BCUT2D eigenvalue weighted by molar-refractivity contribution is 0.521. The van der Waals surface area contributed by atoms with Crippen molar-refractivity contribution in [3.63, 3.8) is 0 Å². The van der Waals surface area contributed by atoms with Crippen LogP contribution in [0, 0.1) is 0 Å². The summed E-state index contributed by atoms with van der Waals surface area (Å²) in [5.74, 6) is 0. The van der Waals surface area contributed by atoms with Gasteiger partial charge in [0.15, 0.2) is 0 Å². The third-order valence-corrected chi connectivity index (χ3v) is 4.19. The van der Waals surface area contributed by atoms with Crippen molar-refractivity contribution in [3.8, 4) is 0 Å². The summed E-state index contributed by atoms with van der Waals surface area (Å²) in [6.07, 6.45) is 0. The van der Waals surface area contributed by atoms with Crippen LogP contribution in [-0.2, 0) is 10.0 Å². The first-order valence-corrected chi connectivity index (χ1v) is 5.93. The van der Waals surface area contributed by atoms with E-state index in [9.17, 15) is 8.42 Å². The maximum atomic E-state index is 11.7. The van der Waals surface area contributed by atoms with E-state index in [1.807, 2.05) is 0 Å². The lowest BCUT2D eigenvalue weighted by atomic mass is 10.4. The molecular weight excluding hydrogens is 245 g/mol. The highest BCUT2D eigenvalue weighted by atomic mass is 35.5. The quantitative estimate of drug-likeness (QED) is 0.811. The molecular formula is C8H9Cl2NO2S. The molecule has 0 aliphatic carbocycles. The van der Waals surface area contributed by atoms with Gasteiger partial charge in [-0.25, -0.2) is 12.7 Å². The van der Waals surface area contributed by atoms with Gasteiger partial charge in [0.25, 0.3) is 0 Å². The molecule has 1 aromatic carbocycles. The highest BCUT2D eigenvalue weighted by molar-refractivity contribution is 7.89. The van der Waals surface area contributed by atoms with Crippen molar-refractivity contribution in [2.45, 2.75) is 4.90 Å². The molecule has 0 saturated carbocycles. The molecule has 0 unspecified atom stereocenters. The Morgan fingerprint density at radius 1 is 1.21 bits per heavy atom. The standard InChI is InChI=1S/C8H9Cl2NO2S/c1-11(2)14(12,13)8-4-3-6(9)5-7(8)10/h3-5H,1-2H3. The van der Waals surface area contributed by atoms with Gasteiger partial charge in [-0.15, -0.1) is 0 Å². The van der Waals surface area contributed by atoms with Crippen LogP contribution in [-0.4, -0.2) is 26.8 Å². The lowest BCUT2D eigenvalue weighted by Gasteiger charge is -2.12. The molecule has 0 aliphatic heterocycles. The molecule has 6 heteroatoms. The molecule has 14 heavy (non-hydrogen) atoms. The average molecular weight is 254 g/mol. The molecule has 0 atom stereocenters. The fourth-order valence-corrected chi connectivity index (χ4v) is 2.52. The predicted octanol–water partition coefficient (Wildman–Crippen LogP) is 2.24. The van der Waals surface area contributed by atoms with E-state index in [-0.39, 0.29) is 9.92 Å². The first kappa shape index (κ1) is 11.8. The van der Waals surface area contributed by atoms with Gasteiger partial charge in [-0.1, -0.05) is 23.2 Å². The highest BCUT2D eigenvalue weighted by Crippen LogP contribution is 2.26. The Morgan fingerprint density at radius 2 is 1.79 bits per heavy atom. The summed E-state index contributed by atoms with van der Waals surface area (Å²) in [7, 11) is -0.592. The number of hydrogen-bond acceptors (Lipinski definition) is 2. The van der Waals surface area contributed by atoms with Gasteiger partial charge in [0.2, 0.25) is 10.0 Å². The van der Waals surface area contributed by atoms with Gasteiger partial charge < -0.3 is 0 Å². The molecule has 0 amide bonds. The van der Waals surface area contributed by atoms with Gasteiger partial charge in [-0.05, 0) is 18.2 Å². The Labute approximate surface area is 93.3 Å². The number of benzene rings is 1. The van der Waals surface area contributed by atoms with Crippen molar-refractivity contribution in [2.24, 2.45) is 0 Å². The minimum atomic E-state index is -3.48. The fourth-order valence-electron chi connectivity index (χ4n) is 0.881. The Kier molecular flexibility index (Phi) is 3.42. The lowest BCUT2D eigenvalue weighted by Crippen LogP contribution is -2.22. The van der Waals surface area contributed by atoms with Gasteiger partial charge >= 0.3 is 0 Å². The molecule has 0 saturated heterocycles. The van der Waals surface area contributed by atoms with Gasteiger partial charge in [-0.3, -0.25) is 0 Å². The average Bonchev–Trinajstić information content (AvgIpc) is 2.02. The molecule has 0 spiro atoms. The molecule has 0 aromatic heterocycles. The van der Waals surface area contributed by atoms with E-state index in [1.165, 1.54) is 32.3 Å². The van der Waals surface area contributed by atoms with E-state index in [4.69, 9.17) is 23.2 Å². The summed E-state index contributed by atoms with van der Waals surface area (Å²) in [6.45, 7) is 0. The Bertz CT molecular complexity index is 443. The third-order valence-electron chi connectivity index (χ3n) is 1.65. The minimum Gasteiger partial charge on any atom is -0.207 e. The third kappa shape index (κ3) is 2.20. The fraction of sp³-hybridized carbons (Fsp3) is 0.250. The Morgan fingerprint density at radius 3 is 2.21 bits per heavy atom. The van der Waals surface area contributed by atoms with Crippen molar-refractivity contribution in [2.75, 3.05) is 14.1 Å². The summed E-state index contributed by atoms with van der Waals surface area (Å²) >= 11 is 11.4. The normalized spacial score (nSPS) is 12.1. The molecule has 0 radical (unpaired) electrons. The monoisotopic (exact) mass is 253 g/mol. The SMILES string of the molecule is CN(C)S(=O)(=O)c1ccc(Cl)cc1Cl. The van der Waals surface area contributed by atoms with Crippen LogP contribution in [0.5, 0.6) is 0 Å². The molecule has 3 nitrogen and oxygen atoms in total. The van der Waals surface area contributed by atoms with Crippen LogP contribution in [0.2, 0.25) is 10.0 Å². The van der Waals surface area contributed by atoms with Crippen molar-refractivity contribution >= 4 is 33.2 Å². The first-order chi connectivity index (χ1) is 6.35. The van der Waals surface area contributed by atoms with E-state index in [1.54, 1.807) is 0 Å². The van der Waals surface area contributed by atoms with E-state index in [0.29, 0.717) is 5.02 Å². The van der Waals surface area contributed by atoms with Crippen molar-refractivity contribution < 1.29 is 8.42 Å². The van der Waals surface area contributed by atoms with Crippen LogP contribution in [0.1, 0.15) is 0 Å². The zero-order chi connectivity index (χ0) is 10.9. The second-order valence-corrected chi connectivity index (χ2v) is 5.83. The van der Waals surface area contributed by atoms with Gasteiger partial charge in [0, 0.05) is 19.1 Å². The number of nitrogens with zero attached hydrogens (tertiary/aromatic N) is 1. The van der Waals surface area contributed by atoms with Crippen LogP contribution < -0.4 is 0 Å². The van der Waals surface area contributed by atoms with E-state index in [2.05, 4.69) is 0 Å². The van der Waals surface area contributed by atoms with Crippen molar-refractivity contribution in [3.05, 3.63) is 28.2 Å². The first-order valence-electron chi connectivity index (χ1n) is 3.73. The van der Waals surface area contributed by atoms with Crippen LogP contribution >= 0.6 is 23.2 Å². The molecule has 78 valence electrons. The molecule has 0 bridgehead atoms. The molecule has 1 aromatic rings. The smallest absolute Gasteiger partial charge is 0.207 e. The molecule has 0 fully saturated rings. The second-order valence-electron chi connectivity index (χ2n) is 2.86. The Balaban J connectivity index is 3.35. The maximum Gasteiger partial charge on any atom is 0.244 e. The van der Waals surface area contributed by atoms with Crippen LogP contribution in [0.15, 0.2) is 23.1 Å². The topological polar surface area (TPSA) is 37.4 Å². The zero-order valence-corrected chi connectivity index (χ0v) is 9.99. The summed E-state index contributed by atoms with van der Waals surface area (Å²) in [5, 5.41) is 0.541. The van der Waals surface area contributed by atoms with Crippen LogP contribution in [0.25, 0.3) is 0 Å². The number of hydrogen-bond donors (Lipinski definition) is 0. The van der Waals surface area contributed by atoms with E-state index >= 15 is 0 Å². The second kappa shape index (κ2) is 4.06. The van der Waals surface area contributed by atoms with Gasteiger partial charge in [-0.2, -0.15) is 0 Å². The van der Waals surface area contributed by atoms with E-state index in [0.717, 1.165) is 4.31 Å². The number of halogens is 2. The van der Waals surface area contributed by atoms with Crippen LogP contribution in [0.4, 0.5) is 0 Å². The predicted molar refractivity (Wildman–Crippen MR) is 57.3 cm³/mol. The van der Waals surface area contributed by atoms with E-state index < -0.39 is 10.0 Å². The highest BCUT2D eigenvalue weighted by Gasteiger charge is 2.20. The Hall–Kier alpha value is -0.290. The molecule has 0 heterocycles. The largest absolute Gasteiger partial charge is 0.244 e. The number of sulfonamides is 1. The number of rotatable bonds is 2. The molecule has 1 rings (SSSR count). The zero-order valence-electron chi connectivity index (χ0n) is 7.66.